The second-order valence-corrected chi connectivity index (χ2v) is 5.83. The first-order valence-corrected chi connectivity index (χ1v) is 8.73. The summed E-state index contributed by atoms with van der Waals surface area (Å²) < 4.78 is 0. The average molecular weight is 401 g/mol. The molecule has 1 rings (SSSR count). The molecule has 4 N–H and O–H groups in total. The van der Waals surface area contributed by atoms with Gasteiger partial charge in [0.1, 0.15) is 6.04 Å². The fourth-order valence-electron chi connectivity index (χ4n) is 1.81. The van der Waals surface area contributed by atoms with Crippen molar-refractivity contribution in [1.82, 2.24) is 20.6 Å². The van der Waals surface area contributed by atoms with Gasteiger partial charge in [-0.3, -0.25) is 14.4 Å². The molecular formula is C16H27N5O7. The predicted molar refractivity (Wildman–Crippen MR) is 97.6 cm³/mol. The van der Waals surface area contributed by atoms with E-state index >= 15 is 0 Å². The number of unbranched alkanes of at least 4 members (excludes halogenated alkanes) is 2. The van der Waals surface area contributed by atoms with Crippen molar-refractivity contribution < 1.29 is 29.4 Å². The van der Waals surface area contributed by atoms with Crippen molar-refractivity contribution in [1.29, 1.82) is 0 Å². The Morgan fingerprint density at radius 3 is 2.50 bits per heavy atom. The summed E-state index contributed by atoms with van der Waals surface area (Å²) in [6, 6.07) is -0.968. The monoisotopic (exact) mass is 401 g/mol. The Balaban J connectivity index is 0.00000102. The minimum absolute atomic E-state index is 0.0000344. The zero-order valence-electron chi connectivity index (χ0n) is 16.0. The van der Waals surface area contributed by atoms with E-state index in [1.54, 1.807) is 12.5 Å². The van der Waals surface area contributed by atoms with Crippen molar-refractivity contribution >= 4 is 17.8 Å². The normalized spacial score (nSPS) is 10.8. The number of carboxylic acid groups (broad SMARTS) is 1. The molecule has 1 heterocycles. The van der Waals surface area contributed by atoms with Gasteiger partial charge in [-0.1, -0.05) is 6.42 Å². The highest BCUT2D eigenvalue weighted by molar-refractivity contribution is 5.83. The number of nitrogens with one attached hydrogen (secondary N) is 3. The molecule has 0 aliphatic rings. The lowest BCUT2D eigenvalue weighted by Crippen LogP contribution is -2.39. The van der Waals surface area contributed by atoms with Crippen LogP contribution in [0.2, 0.25) is 0 Å². The number of aryl methyl sites for hydroxylation is 1. The summed E-state index contributed by atoms with van der Waals surface area (Å²) in [5.74, 6) is -1.81. The van der Waals surface area contributed by atoms with Gasteiger partial charge in [-0.2, -0.15) is 0 Å². The fourth-order valence-corrected chi connectivity index (χ4v) is 1.81. The van der Waals surface area contributed by atoms with Crippen LogP contribution in [-0.2, 0) is 19.2 Å². The largest absolute Gasteiger partial charge is 0.480 e. The summed E-state index contributed by atoms with van der Waals surface area (Å²) in [6.45, 7) is 3.45. The quantitative estimate of drug-likeness (QED) is 0.223. The fraction of sp³-hybridized carbons (Fsp3) is 0.625. The predicted octanol–water partition coefficient (Wildman–Crippen LogP) is 0.569. The number of aliphatic carboxylic acids is 1. The van der Waals surface area contributed by atoms with E-state index in [1.807, 2.05) is 6.92 Å². The van der Waals surface area contributed by atoms with Crippen LogP contribution in [0.15, 0.2) is 12.5 Å². The van der Waals surface area contributed by atoms with Gasteiger partial charge in [-0.15, -0.1) is 10.1 Å². The maximum atomic E-state index is 11.4. The molecule has 2 amide bonds. The number of rotatable bonds is 12. The summed E-state index contributed by atoms with van der Waals surface area (Å²) >= 11 is 0. The second-order valence-electron chi connectivity index (χ2n) is 5.83. The molecule has 1 atom stereocenters. The van der Waals surface area contributed by atoms with Crippen molar-refractivity contribution in [2.75, 3.05) is 13.2 Å². The van der Waals surface area contributed by atoms with Crippen molar-refractivity contribution in [2.24, 2.45) is 0 Å². The maximum Gasteiger partial charge on any atom is 0.325 e. The van der Waals surface area contributed by atoms with Gasteiger partial charge in [0.15, 0.2) is 0 Å². The standard InChI is InChI=1S/C12H21N3O7.C4H6N2/c1-9(12(18)19)14-11(17)6-7-13-10(16)5-3-2-4-8-22-15(20)21;1-4-2-5-3-6-4/h9H,2-8H2,1H3,(H,13,16)(H,14,17)(H,18,19);2-3H,1H3,(H,5,6). The zero-order valence-corrected chi connectivity index (χ0v) is 16.0. The molecule has 0 saturated carbocycles. The van der Waals surface area contributed by atoms with Crippen LogP contribution in [0.5, 0.6) is 0 Å². The third kappa shape index (κ3) is 15.1. The average Bonchev–Trinajstić information content (AvgIpc) is 3.09. The molecule has 1 aromatic rings. The molecule has 158 valence electrons. The Morgan fingerprint density at radius 2 is 2.00 bits per heavy atom. The maximum absolute atomic E-state index is 11.4. The lowest BCUT2D eigenvalue weighted by Gasteiger charge is -2.09. The number of aromatic nitrogens is 2. The van der Waals surface area contributed by atoms with Crippen molar-refractivity contribution in [2.45, 2.75) is 52.0 Å². The van der Waals surface area contributed by atoms with Gasteiger partial charge in [-0.25, -0.2) is 4.98 Å². The summed E-state index contributed by atoms with van der Waals surface area (Å²) in [4.78, 5) is 53.9. The van der Waals surface area contributed by atoms with E-state index in [0.717, 1.165) is 5.69 Å². The highest BCUT2D eigenvalue weighted by Gasteiger charge is 2.13. The third-order valence-corrected chi connectivity index (χ3v) is 3.30. The van der Waals surface area contributed by atoms with Gasteiger partial charge in [0, 0.05) is 31.3 Å². The molecule has 0 aliphatic heterocycles. The van der Waals surface area contributed by atoms with Gasteiger partial charge < -0.3 is 25.6 Å². The molecule has 12 nitrogen and oxygen atoms in total. The highest BCUT2D eigenvalue weighted by Crippen LogP contribution is 2.00. The van der Waals surface area contributed by atoms with Gasteiger partial charge >= 0.3 is 5.97 Å². The molecule has 1 unspecified atom stereocenters. The van der Waals surface area contributed by atoms with Crippen molar-refractivity contribution in [3.05, 3.63) is 28.3 Å². The van der Waals surface area contributed by atoms with Gasteiger partial charge in [0.2, 0.25) is 11.8 Å². The van der Waals surface area contributed by atoms with Crippen molar-refractivity contribution in [3.63, 3.8) is 0 Å². The van der Waals surface area contributed by atoms with E-state index in [1.165, 1.54) is 6.92 Å². The number of nitrogens with zero attached hydrogens (tertiary/aromatic N) is 2. The van der Waals surface area contributed by atoms with E-state index in [9.17, 15) is 24.5 Å². The lowest BCUT2D eigenvalue weighted by atomic mass is 10.2. The third-order valence-electron chi connectivity index (χ3n) is 3.30. The molecule has 0 spiro atoms. The number of carbonyl (C=O) groups excluding carboxylic acids is 2. The molecule has 0 aliphatic carbocycles. The van der Waals surface area contributed by atoms with Gasteiger partial charge in [0.25, 0.3) is 5.09 Å². The summed E-state index contributed by atoms with van der Waals surface area (Å²) in [6.07, 6.45) is 5.37. The molecule has 0 saturated heterocycles. The van der Waals surface area contributed by atoms with Crippen LogP contribution in [0.25, 0.3) is 0 Å². The molecule has 0 aromatic carbocycles. The number of carbonyl (C=O) groups is 3. The van der Waals surface area contributed by atoms with E-state index < -0.39 is 23.0 Å². The van der Waals surface area contributed by atoms with E-state index in [4.69, 9.17) is 5.11 Å². The van der Waals surface area contributed by atoms with E-state index in [-0.39, 0.29) is 31.9 Å². The van der Waals surface area contributed by atoms with E-state index in [2.05, 4.69) is 25.4 Å². The molecule has 0 radical (unpaired) electrons. The number of hydrogen-bond donors (Lipinski definition) is 4. The minimum atomic E-state index is -1.13. The number of aromatic amines is 1. The van der Waals surface area contributed by atoms with E-state index in [0.29, 0.717) is 19.3 Å². The number of hydrogen-bond acceptors (Lipinski definition) is 7. The molecular weight excluding hydrogens is 374 g/mol. The van der Waals surface area contributed by atoms with Crippen molar-refractivity contribution in [3.8, 4) is 0 Å². The Bertz CT molecular complexity index is 607. The van der Waals surface area contributed by atoms with Crippen LogP contribution in [0.1, 0.15) is 44.7 Å². The van der Waals surface area contributed by atoms with Crippen LogP contribution in [-0.4, -0.2) is 57.1 Å². The lowest BCUT2D eigenvalue weighted by molar-refractivity contribution is -0.757. The first-order valence-electron chi connectivity index (χ1n) is 8.73. The van der Waals surface area contributed by atoms with Crippen LogP contribution >= 0.6 is 0 Å². The SMILES string of the molecule is CC(NC(=O)CCNC(=O)CCCCCO[N+](=O)[O-])C(=O)O.Cc1cnc[nH]1. The summed E-state index contributed by atoms with van der Waals surface area (Å²) in [5.41, 5.74) is 1.11. The summed E-state index contributed by atoms with van der Waals surface area (Å²) in [7, 11) is 0. The minimum Gasteiger partial charge on any atom is -0.480 e. The number of amides is 2. The second kappa shape index (κ2) is 14.9. The Morgan fingerprint density at radius 1 is 1.29 bits per heavy atom. The van der Waals surface area contributed by atoms with Crippen LogP contribution in [0, 0.1) is 17.0 Å². The zero-order chi connectivity index (χ0) is 21.4. The molecule has 1 aromatic heterocycles. The molecule has 12 heteroatoms. The first kappa shape index (κ1) is 24.8. The Labute approximate surface area is 162 Å². The number of H-pyrrole nitrogens is 1. The highest BCUT2D eigenvalue weighted by atomic mass is 16.9. The topological polar surface area (TPSA) is 177 Å². The van der Waals surface area contributed by atoms with Gasteiger partial charge in [-0.05, 0) is 26.7 Å². The van der Waals surface area contributed by atoms with Crippen LogP contribution in [0.4, 0.5) is 0 Å². The number of carboxylic acids is 1. The van der Waals surface area contributed by atoms with Crippen LogP contribution < -0.4 is 10.6 Å². The molecule has 0 fully saturated rings. The number of imidazole rings is 1. The molecule has 28 heavy (non-hydrogen) atoms. The summed E-state index contributed by atoms with van der Waals surface area (Å²) in [5, 5.41) is 22.4. The van der Waals surface area contributed by atoms with Crippen LogP contribution in [0.3, 0.4) is 0 Å². The smallest absolute Gasteiger partial charge is 0.325 e. The first-order chi connectivity index (χ1) is 13.2. The Hall–Kier alpha value is -3.18. The Kier molecular flexibility index (Phi) is 13.2. The van der Waals surface area contributed by atoms with Gasteiger partial charge in [0.05, 0.1) is 12.9 Å². The molecule has 0 bridgehead atoms.